The SMILES string of the molecule is C[C@@H]1C=C2C=C[C@H](C)[C@H](CC[C@@H](O)C[C@H](F)CC(=O)O)C2[C@H](O)C1=O. The number of ketones is 1. The molecule has 2 aliphatic carbocycles. The fraction of sp³-hybridized carbons (Fsp3) is 0.684. The number of aliphatic hydroxyl groups is 2. The van der Waals surface area contributed by atoms with Crippen LogP contribution in [0.15, 0.2) is 23.8 Å². The maximum Gasteiger partial charge on any atom is 0.306 e. The van der Waals surface area contributed by atoms with Gasteiger partial charge in [-0.1, -0.05) is 32.1 Å². The molecular weight excluding hydrogens is 327 g/mol. The summed E-state index contributed by atoms with van der Waals surface area (Å²) in [4.78, 5) is 22.6. The largest absolute Gasteiger partial charge is 0.481 e. The van der Waals surface area contributed by atoms with Crippen molar-refractivity contribution in [3.05, 3.63) is 23.8 Å². The Morgan fingerprint density at radius 3 is 2.68 bits per heavy atom. The molecule has 0 aromatic heterocycles. The van der Waals surface area contributed by atoms with Crippen LogP contribution in [-0.2, 0) is 9.59 Å². The van der Waals surface area contributed by atoms with Crippen LogP contribution in [0.2, 0.25) is 0 Å². The fourth-order valence-corrected chi connectivity index (χ4v) is 4.00. The Labute approximate surface area is 147 Å². The first-order chi connectivity index (χ1) is 11.7. The third kappa shape index (κ3) is 4.76. The normalized spacial score (nSPS) is 34.2. The number of hydrogen-bond acceptors (Lipinski definition) is 4. The van der Waals surface area contributed by atoms with E-state index in [-0.39, 0.29) is 35.9 Å². The Morgan fingerprint density at radius 2 is 2.04 bits per heavy atom. The summed E-state index contributed by atoms with van der Waals surface area (Å²) in [6.07, 6.45) is 2.34. The number of alkyl halides is 1. The maximum atomic E-state index is 13.5. The molecule has 3 N–H and O–H groups in total. The second-order valence-corrected chi connectivity index (χ2v) is 7.37. The predicted octanol–water partition coefficient (Wildman–Crippen LogP) is 2.27. The van der Waals surface area contributed by atoms with Crippen molar-refractivity contribution in [1.29, 1.82) is 0 Å². The average Bonchev–Trinajstić information content (AvgIpc) is 2.51. The van der Waals surface area contributed by atoms with E-state index in [1.165, 1.54) is 0 Å². The first-order valence-electron chi connectivity index (χ1n) is 8.86. The first-order valence-corrected chi connectivity index (χ1v) is 8.86. The number of aliphatic hydroxyl groups excluding tert-OH is 2. The molecule has 0 aliphatic heterocycles. The van der Waals surface area contributed by atoms with Crippen LogP contribution in [0.1, 0.15) is 39.5 Å². The Bertz CT molecular complexity index is 570. The standard InChI is InChI=1S/C19H27FO5/c1-10-3-4-12-7-11(2)18(24)19(25)17(12)15(10)6-5-14(21)8-13(20)9-16(22)23/h3-4,7,10-11,13-15,17,19,21,25H,5-6,8-9H2,1-2H3,(H,22,23)/t10-,11+,13-,14+,15-,17?,19-/m0/s1. The maximum absolute atomic E-state index is 13.5. The zero-order valence-corrected chi connectivity index (χ0v) is 14.6. The number of fused-ring (bicyclic) bond motifs is 1. The number of halogens is 1. The third-order valence-electron chi connectivity index (χ3n) is 5.39. The molecule has 2 aliphatic rings. The number of carboxylic acids is 1. The highest BCUT2D eigenvalue weighted by molar-refractivity contribution is 5.89. The number of aliphatic carboxylic acids is 1. The van der Waals surface area contributed by atoms with Gasteiger partial charge in [0.2, 0.25) is 0 Å². The monoisotopic (exact) mass is 354 g/mol. The molecule has 0 amide bonds. The molecule has 0 saturated heterocycles. The number of rotatable bonds is 7. The van der Waals surface area contributed by atoms with Gasteiger partial charge in [0.15, 0.2) is 5.78 Å². The van der Waals surface area contributed by atoms with E-state index in [9.17, 15) is 24.2 Å². The minimum Gasteiger partial charge on any atom is -0.481 e. The van der Waals surface area contributed by atoms with Crippen LogP contribution in [0, 0.1) is 23.7 Å². The van der Waals surface area contributed by atoms with Crippen LogP contribution in [0.25, 0.3) is 0 Å². The molecule has 0 bridgehead atoms. The molecule has 0 aromatic carbocycles. The summed E-state index contributed by atoms with van der Waals surface area (Å²) in [6, 6.07) is 0. The molecule has 6 heteroatoms. The smallest absolute Gasteiger partial charge is 0.306 e. The third-order valence-corrected chi connectivity index (χ3v) is 5.39. The molecule has 2 rings (SSSR count). The lowest BCUT2D eigenvalue weighted by Gasteiger charge is -2.41. The minimum atomic E-state index is -1.57. The molecular formula is C19H27FO5. The zero-order valence-electron chi connectivity index (χ0n) is 14.6. The van der Waals surface area contributed by atoms with Crippen molar-refractivity contribution in [3.8, 4) is 0 Å². The highest BCUT2D eigenvalue weighted by Gasteiger charge is 2.42. The Balaban J connectivity index is 2.01. The summed E-state index contributed by atoms with van der Waals surface area (Å²) in [5.41, 5.74) is 0.950. The zero-order chi connectivity index (χ0) is 18.7. The summed E-state index contributed by atoms with van der Waals surface area (Å²) >= 11 is 0. The highest BCUT2D eigenvalue weighted by Crippen LogP contribution is 2.42. The van der Waals surface area contributed by atoms with Crippen molar-refractivity contribution in [2.75, 3.05) is 0 Å². The fourth-order valence-electron chi connectivity index (χ4n) is 4.00. The van der Waals surface area contributed by atoms with Crippen molar-refractivity contribution in [3.63, 3.8) is 0 Å². The predicted molar refractivity (Wildman–Crippen MR) is 90.6 cm³/mol. The van der Waals surface area contributed by atoms with E-state index in [0.29, 0.717) is 12.8 Å². The summed E-state index contributed by atoms with van der Waals surface area (Å²) in [5.74, 6) is -1.91. The minimum absolute atomic E-state index is 0.0186. The number of carbonyl (C=O) groups is 2. The average molecular weight is 354 g/mol. The van der Waals surface area contributed by atoms with Gasteiger partial charge in [0.05, 0.1) is 12.5 Å². The van der Waals surface area contributed by atoms with Gasteiger partial charge >= 0.3 is 5.97 Å². The molecule has 140 valence electrons. The summed E-state index contributed by atoms with van der Waals surface area (Å²) in [5, 5.41) is 29.0. The number of carboxylic acid groups (broad SMARTS) is 1. The molecule has 0 spiro atoms. The van der Waals surface area contributed by atoms with Gasteiger partial charge in [0.1, 0.15) is 12.3 Å². The molecule has 0 fully saturated rings. The lowest BCUT2D eigenvalue weighted by Crippen LogP contribution is -2.44. The van der Waals surface area contributed by atoms with Gasteiger partial charge in [-0.25, -0.2) is 4.39 Å². The molecule has 5 nitrogen and oxygen atoms in total. The number of allylic oxidation sites excluding steroid dienone is 3. The van der Waals surface area contributed by atoms with Gasteiger partial charge in [-0.3, -0.25) is 9.59 Å². The van der Waals surface area contributed by atoms with Gasteiger partial charge in [-0.2, -0.15) is 0 Å². The topological polar surface area (TPSA) is 94.8 Å². The van der Waals surface area contributed by atoms with Crippen molar-refractivity contribution in [1.82, 2.24) is 0 Å². The second-order valence-electron chi connectivity index (χ2n) is 7.37. The van der Waals surface area contributed by atoms with Crippen molar-refractivity contribution in [2.45, 2.75) is 57.9 Å². The van der Waals surface area contributed by atoms with Gasteiger partial charge in [-0.15, -0.1) is 0 Å². The van der Waals surface area contributed by atoms with Gasteiger partial charge in [0.25, 0.3) is 0 Å². The molecule has 0 heterocycles. The van der Waals surface area contributed by atoms with Crippen molar-refractivity contribution < 1.29 is 29.3 Å². The number of hydrogen-bond donors (Lipinski definition) is 3. The van der Waals surface area contributed by atoms with E-state index in [4.69, 9.17) is 5.11 Å². The lowest BCUT2D eigenvalue weighted by atomic mass is 9.65. The quantitative estimate of drug-likeness (QED) is 0.652. The van der Waals surface area contributed by atoms with E-state index >= 15 is 0 Å². The first kappa shape index (κ1) is 19.8. The van der Waals surface area contributed by atoms with Gasteiger partial charge in [-0.05, 0) is 30.3 Å². The van der Waals surface area contributed by atoms with E-state index in [0.717, 1.165) is 5.57 Å². The van der Waals surface area contributed by atoms with Gasteiger partial charge in [0, 0.05) is 18.3 Å². The van der Waals surface area contributed by atoms with E-state index in [1.807, 2.05) is 25.2 Å². The highest BCUT2D eigenvalue weighted by atomic mass is 19.1. The molecule has 1 unspecified atom stereocenters. The van der Waals surface area contributed by atoms with Crippen molar-refractivity contribution >= 4 is 11.8 Å². The molecule has 0 aromatic rings. The van der Waals surface area contributed by atoms with Crippen molar-refractivity contribution in [2.24, 2.45) is 23.7 Å². The molecule has 7 atom stereocenters. The van der Waals surface area contributed by atoms with Crippen LogP contribution in [-0.4, -0.2) is 45.5 Å². The molecule has 0 saturated carbocycles. The Kier molecular flexibility index (Phi) is 6.52. The molecule has 25 heavy (non-hydrogen) atoms. The van der Waals surface area contributed by atoms with Crippen LogP contribution in [0.3, 0.4) is 0 Å². The summed E-state index contributed by atoms with van der Waals surface area (Å²) in [6.45, 7) is 3.77. The van der Waals surface area contributed by atoms with Crippen LogP contribution >= 0.6 is 0 Å². The van der Waals surface area contributed by atoms with E-state index in [1.54, 1.807) is 6.92 Å². The Hall–Kier alpha value is -1.53. The van der Waals surface area contributed by atoms with Gasteiger partial charge < -0.3 is 15.3 Å². The summed E-state index contributed by atoms with van der Waals surface area (Å²) in [7, 11) is 0. The summed E-state index contributed by atoms with van der Waals surface area (Å²) < 4.78 is 13.5. The van der Waals surface area contributed by atoms with Crippen LogP contribution < -0.4 is 0 Å². The molecule has 0 radical (unpaired) electrons. The lowest BCUT2D eigenvalue weighted by molar-refractivity contribution is -0.138. The number of Topliss-reactive ketones (excluding diaryl/α,β-unsaturated/α-hetero) is 1. The second kappa shape index (κ2) is 8.23. The van der Waals surface area contributed by atoms with E-state index < -0.39 is 30.8 Å². The Morgan fingerprint density at radius 1 is 1.36 bits per heavy atom. The van der Waals surface area contributed by atoms with Crippen LogP contribution in [0.5, 0.6) is 0 Å². The number of carbonyl (C=O) groups excluding carboxylic acids is 1. The van der Waals surface area contributed by atoms with Crippen LogP contribution in [0.4, 0.5) is 4.39 Å². The van der Waals surface area contributed by atoms with E-state index in [2.05, 4.69) is 0 Å².